The van der Waals surface area contributed by atoms with E-state index >= 15 is 0 Å². The molecule has 16 heavy (non-hydrogen) atoms. The van der Waals surface area contributed by atoms with Gasteiger partial charge in [-0.25, -0.2) is 0 Å². The van der Waals surface area contributed by atoms with E-state index in [9.17, 15) is 4.79 Å². The molecular weight excluding hydrogens is 222 g/mol. The van der Waals surface area contributed by atoms with Crippen LogP contribution in [0.5, 0.6) is 0 Å². The monoisotopic (exact) mass is 235 g/mol. The molecule has 0 radical (unpaired) electrons. The third-order valence-corrected chi connectivity index (χ3v) is 2.60. The quantitative estimate of drug-likeness (QED) is 0.645. The van der Waals surface area contributed by atoms with Gasteiger partial charge in [0, 0.05) is 4.90 Å². The maximum absolute atomic E-state index is 11.2. The molecule has 0 fully saturated rings. The minimum Gasteiger partial charge on any atom is -0.469 e. The van der Waals surface area contributed by atoms with Crippen LogP contribution in [0.2, 0.25) is 0 Å². The van der Waals surface area contributed by atoms with Gasteiger partial charge in [0.05, 0.1) is 25.2 Å². The maximum atomic E-state index is 11.2. The number of thiol groups is 1. The lowest BCUT2D eigenvalue weighted by atomic mass is 9.98. The Labute approximate surface area is 100 Å². The lowest BCUT2D eigenvalue weighted by Crippen LogP contribution is -2.07. The van der Waals surface area contributed by atoms with Crippen LogP contribution in [0.1, 0.15) is 23.6 Å². The summed E-state index contributed by atoms with van der Waals surface area (Å²) in [5, 5.41) is 9.08. The van der Waals surface area contributed by atoms with E-state index in [1.54, 1.807) is 6.07 Å². The van der Waals surface area contributed by atoms with E-state index in [4.69, 9.17) is 5.26 Å². The second kappa shape index (κ2) is 5.57. The molecule has 0 aliphatic heterocycles. The molecule has 0 saturated heterocycles. The standard InChI is InChI=1S/C12H13NO2S/c1-3-8-4-10(16)5-9(11(8)7-13)6-12(14)15-2/h4-5,16H,3,6H2,1-2H3. The van der Waals surface area contributed by atoms with Crippen LogP contribution in [0.25, 0.3) is 0 Å². The van der Waals surface area contributed by atoms with Crippen molar-refractivity contribution in [3.8, 4) is 6.07 Å². The van der Waals surface area contributed by atoms with Crippen molar-refractivity contribution in [3.63, 3.8) is 0 Å². The number of aryl methyl sites for hydroxylation is 1. The van der Waals surface area contributed by atoms with Gasteiger partial charge in [-0.1, -0.05) is 6.92 Å². The van der Waals surface area contributed by atoms with Crippen LogP contribution >= 0.6 is 12.6 Å². The Balaban J connectivity index is 3.21. The largest absolute Gasteiger partial charge is 0.469 e. The summed E-state index contributed by atoms with van der Waals surface area (Å²) in [7, 11) is 1.33. The molecule has 0 atom stereocenters. The topological polar surface area (TPSA) is 50.1 Å². The first kappa shape index (κ1) is 12.6. The minimum absolute atomic E-state index is 0.112. The van der Waals surface area contributed by atoms with Crippen molar-refractivity contribution in [2.75, 3.05) is 7.11 Å². The van der Waals surface area contributed by atoms with Gasteiger partial charge in [-0.3, -0.25) is 4.79 Å². The minimum atomic E-state index is -0.350. The Morgan fingerprint density at radius 2 is 2.12 bits per heavy atom. The fourth-order valence-electron chi connectivity index (χ4n) is 1.54. The Bertz CT molecular complexity index is 449. The van der Waals surface area contributed by atoms with Gasteiger partial charge in [0.1, 0.15) is 0 Å². The Kier molecular flexibility index (Phi) is 4.39. The van der Waals surface area contributed by atoms with Gasteiger partial charge in [-0.15, -0.1) is 12.6 Å². The fourth-order valence-corrected chi connectivity index (χ4v) is 1.85. The Morgan fingerprint density at radius 3 is 2.62 bits per heavy atom. The summed E-state index contributed by atoms with van der Waals surface area (Å²) < 4.78 is 4.59. The third kappa shape index (κ3) is 2.77. The molecule has 0 saturated carbocycles. The highest BCUT2D eigenvalue weighted by Crippen LogP contribution is 2.21. The average Bonchev–Trinajstić information content (AvgIpc) is 2.28. The van der Waals surface area contributed by atoms with Gasteiger partial charge in [0.25, 0.3) is 0 Å². The van der Waals surface area contributed by atoms with Crippen LogP contribution < -0.4 is 0 Å². The number of esters is 1. The normalized spacial score (nSPS) is 9.62. The molecule has 3 nitrogen and oxygen atoms in total. The van der Waals surface area contributed by atoms with E-state index in [0.29, 0.717) is 11.1 Å². The molecule has 0 amide bonds. The van der Waals surface area contributed by atoms with E-state index in [1.807, 2.05) is 13.0 Å². The number of hydrogen-bond acceptors (Lipinski definition) is 4. The zero-order valence-corrected chi connectivity index (χ0v) is 10.2. The lowest BCUT2D eigenvalue weighted by Gasteiger charge is -2.08. The molecule has 1 rings (SSSR count). The molecule has 0 aliphatic rings. The number of carbonyl (C=O) groups is 1. The van der Waals surface area contributed by atoms with Crippen LogP contribution in [0.4, 0.5) is 0 Å². The highest BCUT2D eigenvalue weighted by Gasteiger charge is 2.12. The molecule has 0 bridgehead atoms. The van der Waals surface area contributed by atoms with Gasteiger partial charge in [0.2, 0.25) is 0 Å². The SMILES string of the molecule is CCc1cc(S)cc(CC(=O)OC)c1C#N. The van der Waals surface area contributed by atoms with E-state index in [1.165, 1.54) is 7.11 Å². The average molecular weight is 235 g/mol. The van der Waals surface area contributed by atoms with Crippen molar-refractivity contribution in [1.82, 2.24) is 0 Å². The first-order valence-corrected chi connectivity index (χ1v) is 5.38. The molecule has 1 aromatic rings. The van der Waals surface area contributed by atoms with Crippen molar-refractivity contribution in [2.45, 2.75) is 24.7 Å². The van der Waals surface area contributed by atoms with Crippen LogP contribution in [0.3, 0.4) is 0 Å². The van der Waals surface area contributed by atoms with Gasteiger partial charge in [0.15, 0.2) is 0 Å². The summed E-state index contributed by atoms with van der Waals surface area (Å²) >= 11 is 4.25. The zero-order chi connectivity index (χ0) is 12.1. The number of hydrogen-bond donors (Lipinski definition) is 1. The van der Waals surface area contributed by atoms with E-state index in [2.05, 4.69) is 23.4 Å². The zero-order valence-electron chi connectivity index (χ0n) is 9.28. The second-order valence-corrected chi connectivity index (χ2v) is 3.87. The van der Waals surface area contributed by atoms with Crippen molar-refractivity contribution in [2.24, 2.45) is 0 Å². The van der Waals surface area contributed by atoms with Gasteiger partial charge in [-0.05, 0) is 29.7 Å². The molecule has 0 aromatic heterocycles. The summed E-state index contributed by atoms with van der Waals surface area (Å²) in [4.78, 5) is 12.0. The molecule has 0 heterocycles. The highest BCUT2D eigenvalue weighted by atomic mass is 32.1. The fraction of sp³-hybridized carbons (Fsp3) is 0.333. The van der Waals surface area contributed by atoms with Crippen LogP contribution in [-0.4, -0.2) is 13.1 Å². The molecule has 0 spiro atoms. The maximum Gasteiger partial charge on any atom is 0.310 e. The molecule has 4 heteroatoms. The molecule has 0 unspecified atom stereocenters. The van der Waals surface area contributed by atoms with Crippen molar-refractivity contribution < 1.29 is 9.53 Å². The Morgan fingerprint density at radius 1 is 1.50 bits per heavy atom. The number of benzene rings is 1. The molecule has 84 valence electrons. The summed E-state index contributed by atoms with van der Waals surface area (Å²) in [5.74, 6) is -0.350. The van der Waals surface area contributed by atoms with Crippen molar-refractivity contribution in [1.29, 1.82) is 5.26 Å². The van der Waals surface area contributed by atoms with Gasteiger partial charge < -0.3 is 4.74 Å². The van der Waals surface area contributed by atoms with Crippen LogP contribution in [0, 0.1) is 11.3 Å². The molecule has 1 aromatic carbocycles. The third-order valence-electron chi connectivity index (χ3n) is 2.34. The van der Waals surface area contributed by atoms with E-state index in [0.717, 1.165) is 16.9 Å². The second-order valence-electron chi connectivity index (χ2n) is 3.36. The predicted molar refractivity (Wildman–Crippen MR) is 63.5 cm³/mol. The summed E-state index contributed by atoms with van der Waals surface area (Å²) in [5.41, 5.74) is 2.15. The molecular formula is C12H13NO2S. The van der Waals surface area contributed by atoms with E-state index < -0.39 is 0 Å². The number of nitriles is 1. The highest BCUT2D eigenvalue weighted by molar-refractivity contribution is 7.80. The summed E-state index contributed by atoms with van der Waals surface area (Å²) in [6.07, 6.45) is 0.853. The number of methoxy groups -OCH3 is 1. The van der Waals surface area contributed by atoms with Gasteiger partial charge >= 0.3 is 5.97 Å². The smallest absolute Gasteiger partial charge is 0.310 e. The molecule has 0 aliphatic carbocycles. The number of ether oxygens (including phenoxy) is 1. The number of carbonyl (C=O) groups excluding carboxylic acids is 1. The Hall–Kier alpha value is -1.47. The lowest BCUT2D eigenvalue weighted by molar-refractivity contribution is -0.139. The first-order valence-electron chi connectivity index (χ1n) is 4.94. The summed E-state index contributed by atoms with van der Waals surface area (Å²) in [6.45, 7) is 1.96. The van der Waals surface area contributed by atoms with Crippen LogP contribution in [-0.2, 0) is 22.4 Å². The van der Waals surface area contributed by atoms with Crippen molar-refractivity contribution in [3.05, 3.63) is 28.8 Å². The van der Waals surface area contributed by atoms with Crippen molar-refractivity contribution >= 4 is 18.6 Å². The summed E-state index contributed by atoms with van der Waals surface area (Å²) in [6, 6.07) is 5.71. The van der Waals surface area contributed by atoms with E-state index in [-0.39, 0.29) is 12.4 Å². The number of nitrogens with zero attached hydrogens (tertiary/aromatic N) is 1. The first-order chi connectivity index (χ1) is 7.62. The predicted octanol–water partition coefficient (Wildman–Crippen LogP) is 2.12. The molecule has 0 N–H and O–H groups in total. The van der Waals surface area contributed by atoms with Crippen LogP contribution in [0.15, 0.2) is 17.0 Å². The number of rotatable bonds is 3. The van der Waals surface area contributed by atoms with Gasteiger partial charge in [-0.2, -0.15) is 5.26 Å².